The first-order chi connectivity index (χ1) is 12.6. The highest BCUT2D eigenvalue weighted by molar-refractivity contribution is 7.14. The monoisotopic (exact) mass is 372 g/mol. The highest BCUT2D eigenvalue weighted by atomic mass is 32.1. The van der Waals surface area contributed by atoms with E-state index < -0.39 is 5.97 Å². The molecule has 7 nitrogen and oxygen atoms in total. The van der Waals surface area contributed by atoms with Gasteiger partial charge in [0.15, 0.2) is 5.13 Å². The summed E-state index contributed by atoms with van der Waals surface area (Å²) >= 11 is 1.28. The number of hydrogen-bond acceptors (Lipinski definition) is 7. The lowest BCUT2D eigenvalue weighted by Crippen LogP contribution is -2.23. The number of rotatable bonds is 6. The number of amides is 1. The molecule has 26 heavy (non-hydrogen) atoms. The third-order valence-corrected chi connectivity index (χ3v) is 4.35. The Balaban J connectivity index is 1.78. The summed E-state index contributed by atoms with van der Waals surface area (Å²) in [6.07, 6.45) is 2.71. The molecule has 0 N–H and O–H groups in total. The van der Waals surface area contributed by atoms with Gasteiger partial charge in [-0.3, -0.25) is 9.69 Å². The van der Waals surface area contributed by atoms with Gasteiger partial charge in [-0.25, -0.2) is 9.78 Å². The highest BCUT2D eigenvalue weighted by Gasteiger charge is 2.21. The summed E-state index contributed by atoms with van der Waals surface area (Å²) in [4.78, 5) is 29.9. The molecule has 2 heterocycles. The van der Waals surface area contributed by atoms with Crippen molar-refractivity contribution in [2.75, 3.05) is 12.0 Å². The summed E-state index contributed by atoms with van der Waals surface area (Å²) < 4.78 is 15.4. The highest BCUT2D eigenvalue weighted by Crippen LogP contribution is 2.35. The number of carbonyl (C=O) groups excluding carboxylic acids is 2. The fourth-order valence-electron chi connectivity index (χ4n) is 2.29. The average molecular weight is 372 g/mol. The summed E-state index contributed by atoms with van der Waals surface area (Å²) in [5.41, 5.74) is 1.47. The summed E-state index contributed by atoms with van der Waals surface area (Å²) in [6, 6.07) is 8.71. The Labute approximate surface area is 153 Å². The first kappa shape index (κ1) is 17.7. The lowest BCUT2D eigenvalue weighted by Gasteiger charge is -2.20. The molecule has 0 aliphatic carbocycles. The lowest BCUT2D eigenvalue weighted by atomic mass is 10.2. The van der Waals surface area contributed by atoms with Crippen LogP contribution in [0, 0.1) is 0 Å². The van der Waals surface area contributed by atoms with E-state index in [1.165, 1.54) is 41.8 Å². The zero-order valence-corrected chi connectivity index (χ0v) is 15.0. The maximum atomic E-state index is 12.2. The van der Waals surface area contributed by atoms with E-state index in [-0.39, 0.29) is 12.5 Å². The molecule has 3 aromatic rings. The maximum absolute atomic E-state index is 12.2. The fourth-order valence-corrected chi connectivity index (χ4v) is 3.16. The van der Waals surface area contributed by atoms with Crippen LogP contribution in [0.4, 0.5) is 10.8 Å². The second-order valence-corrected chi connectivity index (χ2v) is 6.07. The van der Waals surface area contributed by atoms with Gasteiger partial charge in [0.05, 0.1) is 30.3 Å². The van der Waals surface area contributed by atoms with Gasteiger partial charge in [0.2, 0.25) is 5.91 Å². The zero-order chi connectivity index (χ0) is 18.5. The molecule has 0 unspecified atom stereocenters. The lowest BCUT2D eigenvalue weighted by molar-refractivity contribution is -0.115. The standard InChI is InChI=1S/C18H16N2O5S/c1-12(21)20(15-5-3-4-6-16(15)23-2)18-19-14(11-26-18)10-25-17(22)13-7-8-24-9-13/h3-9,11H,10H2,1-2H3. The molecule has 134 valence electrons. The molecule has 1 aromatic carbocycles. The van der Waals surface area contributed by atoms with Gasteiger partial charge in [-0.05, 0) is 18.2 Å². The van der Waals surface area contributed by atoms with Crippen LogP contribution >= 0.6 is 11.3 Å². The topological polar surface area (TPSA) is 81.9 Å². The van der Waals surface area contributed by atoms with E-state index in [0.29, 0.717) is 27.8 Å². The van der Waals surface area contributed by atoms with Crippen molar-refractivity contribution in [3.63, 3.8) is 0 Å². The minimum Gasteiger partial charge on any atom is -0.495 e. The van der Waals surface area contributed by atoms with Crippen molar-refractivity contribution < 1.29 is 23.5 Å². The normalized spacial score (nSPS) is 10.4. The van der Waals surface area contributed by atoms with Crippen LogP contribution in [-0.2, 0) is 16.1 Å². The summed E-state index contributed by atoms with van der Waals surface area (Å²) in [5.74, 6) is -0.141. The molecule has 0 atom stereocenters. The molecule has 0 saturated carbocycles. The van der Waals surface area contributed by atoms with E-state index >= 15 is 0 Å². The predicted octanol–water partition coefficient (Wildman–Crippen LogP) is 3.79. The number of benzene rings is 1. The third kappa shape index (κ3) is 3.75. The van der Waals surface area contributed by atoms with Crippen LogP contribution in [0.2, 0.25) is 0 Å². The quantitative estimate of drug-likeness (QED) is 0.613. The second-order valence-electron chi connectivity index (χ2n) is 5.24. The van der Waals surface area contributed by atoms with Crippen molar-refractivity contribution in [3.8, 4) is 5.75 Å². The number of para-hydroxylation sites is 2. The Bertz CT molecular complexity index is 904. The van der Waals surface area contributed by atoms with Gasteiger partial charge >= 0.3 is 5.97 Å². The molecule has 0 aliphatic rings. The average Bonchev–Trinajstić information content (AvgIpc) is 3.32. The summed E-state index contributed by atoms with van der Waals surface area (Å²) in [6.45, 7) is 1.45. The van der Waals surface area contributed by atoms with Crippen molar-refractivity contribution in [1.82, 2.24) is 4.98 Å². The van der Waals surface area contributed by atoms with E-state index in [4.69, 9.17) is 13.9 Å². The Hall–Kier alpha value is -3.13. The molecule has 0 spiro atoms. The van der Waals surface area contributed by atoms with Gasteiger partial charge in [0.1, 0.15) is 18.6 Å². The van der Waals surface area contributed by atoms with Crippen LogP contribution in [-0.4, -0.2) is 24.0 Å². The van der Waals surface area contributed by atoms with Crippen molar-refractivity contribution in [3.05, 3.63) is 59.5 Å². The third-order valence-electron chi connectivity index (χ3n) is 3.48. The number of anilines is 2. The van der Waals surface area contributed by atoms with Crippen LogP contribution < -0.4 is 9.64 Å². The van der Waals surface area contributed by atoms with Crippen LogP contribution in [0.15, 0.2) is 52.7 Å². The van der Waals surface area contributed by atoms with Gasteiger partial charge in [-0.1, -0.05) is 12.1 Å². The number of hydrogen-bond donors (Lipinski definition) is 0. The molecule has 0 radical (unpaired) electrons. The molecule has 1 amide bonds. The first-order valence-electron chi connectivity index (χ1n) is 7.67. The minimum atomic E-state index is -0.499. The number of furan rings is 1. The predicted molar refractivity (Wildman–Crippen MR) is 95.8 cm³/mol. The number of ether oxygens (including phenoxy) is 2. The second kappa shape index (κ2) is 7.83. The van der Waals surface area contributed by atoms with Crippen molar-refractivity contribution in [1.29, 1.82) is 0 Å². The maximum Gasteiger partial charge on any atom is 0.341 e. The molecular weight excluding hydrogens is 356 g/mol. The SMILES string of the molecule is COc1ccccc1N(C(C)=O)c1nc(COC(=O)c2ccoc2)cs1. The molecule has 0 aliphatic heterocycles. The van der Waals surface area contributed by atoms with Crippen LogP contribution in [0.3, 0.4) is 0 Å². The Morgan fingerprint density at radius 2 is 2.08 bits per heavy atom. The minimum absolute atomic E-state index is 0.00180. The summed E-state index contributed by atoms with van der Waals surface area (Å²) in [7, 11) is 1.54. The largest absolute Gasteiger partial charge is 0.495 e. The van der Waals surface area contributed by atoms with Crippen molar-refractivity contribution in [2.24, 2.45) is 0 Å². The molecule has 8 heteroatoms. The molecule has 2 aromatic heterocycles. The smallest absolute Gasteiger partial charge is 0.341 e. The van der Waals surface area contributed by atoms with Gasteiger partial charge in [0, 0.05) is 12.3 Å². The van der Waals surface area contributed by atoms with E-state index in [0.717, 1.165) is 0 Å². The number of carbonyl (C=O) groups is 2. The van der Waals surface area contributed by atoms with Crippen LogP contribution in [0.1, 0.15) is 23.0 Å². The number of esters is 1. The number of methoxy groups -OCH3 is 1. The number of nitrogens with zero attached hydrogens (tertiary/aromatic N) is 2. The summed E-state index contributed by atoms with van der Waals surface area (Å²) in [5, 5.41) is 2.21. The van der Waals surface area contributed by atoms with E-state index in [9.17, 15) is 9.59 Å². The van der Waals surface area contributed by atoms with E-state index in [1.807, 2.05) is 12.1 Å². The zero-order valence-electron chi connectivity index (χ0n) is 14.2. The van der Waals surface area contributed by atoms with Gasteiger partial charge < -0.3 is 13.9 Å². The first-order valence-corrected chi connectivity index (χ1v) is 8.55. The Morgan fingerprint density at radius 1 is 1.27 bits per heavy atom. The van der Waals surface area contributed by atoms with E-state index in [1.54, 1.807) is 24.6 Å². The van der Waals surface area contributed by atoms with E-state index in [2.05, 4.69) is 4.98 Å². The van der Waals surface area contributed by atoms with Gasteiger partial charge in [-0.2, -0.15) is 0 Å². The number of aromatic nitrogens is 1. The van der Waals surface area contributed by atoms with Crippen LogP contribution in [0.5, 0.6) is 5.75 Å². The van der Waals surface area contributed by atoms with Crippen molar-refractivity contribution in [2.45, 2.75) is 13.5 Å². The van der Waals surface area contributed by atoms with Gasteiger partial charge in [-0.15, -0.1) is 11.3 Å². The molecule has 0 fully saturated rings. The molecule has 0 saturated heterocycles. The van der Waals surface area contributed by atoms with Gasteiger partial charge in [0.25, 0.3) is 0 Å². The Morgan fingerprint density at radius 3 is 2.77 bits per heavy atom. The van der Waals surface area contributed by atoms with Crippen LogP contribution in [0.25, 0.3) is 0 Å². The molecule has 3 rings (SSSR count). The Kier molecular flexibility index (Phi) is 5.33. The van der Waals surface area contributed by atoms with Crippen molar-refractivity contribution >= 4 is 34.0 Å². The molecular formula is C18H16N2O5S. The number of thiazole rings is 1. The molecule has 0 bridgehead atoms. The fraction of sp³-hybridized carbons (Fsp3) is 0.167.